The molecule has 0 bridgehead atoms. The van der Waals surface area contributed by atoms with Gasteiger partial charge in [0.1, 0.15) is 5.82 Å². The summed E-state index contributed by atoms with van der Waals surface area (Å²) in [4.78, 5) is 20.3. The summed E-state index contributed by atoms with van der Waals surface area (Å²) in [6.07, 6.45) is 0. The fraction of sp³-hybridized carbons (Fsp3) is 0.0625. The number of hydrogen-bond acceptors (Lipinski definition) is 5. The number of hydrogen-bond donors (Lipinski definition) is 2. The Morgan fingerprint density at radius 1 is 0.958 bits per heavy atom. The van der Waals surface area contributed by atoms with Crippen molar-refractivity contribution in [1.82, 2.24) is 14.5 Å². The van der Waals surface area contributed by atoms with Crippen LogP contribution >= 0.6 is 23.2 Å². The molecule has 0 radical (unpaired) electrons. The maximum atomic E-state index is 12.1. The van der Waals surface area contributed by atoms with Gasteiger partial charge in [-0.15, -0.1) is 0 Å². The summed E-state index contributed by atoms with van der Waals surface area (Å²) in [5.74, 6) is 0.578. The summed E-state index contributed by atoms with van der Waals surface area (Å²) in [6, 6.07) is 14.5. The first-order valence-corrected chi connectivity index (χ1v) is 7.78. The summed E-state index contributed by atoms with van der Waals surface area (Å²) >= 11 is 12.0. The van der Waals surface area contributed by atoms with Crippen molar-refractivity contribution in [1.29, 1.82) is 0 Å². The standard InChI is InChI=1S/C16H13Cl2N5O/c1-23-14(10-7-8-12(17)13(18)9-10)19-15(20-16(23)24)22-21-11-5-3-2-4-6-11/h2-9,21H,1H3,(H,20,22,24). The van der Waals surface area contributed by atoms with Crippen LogP contribution in [0.3, 0.4) is 0 Å². The fourth-order valence-electron chi connectivity index (χ4n) is 2.06. The maximum absolute atomic E-state index is 12.1. The molecule has 3 rings (SSSR count). The summed E-state index contributed by atoms with van der Waals surface area (Å²) in [7, 11) is 1.59. The first-order valence-electron chi connectivity index (χ1n) is 7.02. The first-order chi connectivity index (χ1) is 11.5. The van der Waals surface area contributed by atoms with Gasteiger partial charge in [0.2, 0.25) is 5.95 Å². The van der Waals surface area contributed by atoms with Crippen LogP contribution in [0.4, 0.5) is 11.6 Å². The van der Waals surface area contributed by atoms with Crippen molar-refractivity contribution in [3.63, 3.8) is 0 Å². The Morgan fingerprint density at radius 2 is 1.71 bits per heavy atom. The lowest BCUT2D eigenvalue weighted by Gasteiger charge is -2.12. The molecule has 0 fully saturated rings. The van der Waals surface area contributed by atoms with Crippen LogP contribution in [0.5, 0.6) is 0 Å². The smallest absolute Gasteiger partial charge is 0.298 e. The molecule has 2 aromatic carbocycles. The number of rotatable bonds is 4. The lowest BCUT2D eigenvalue weighted by atomic mass is 10.2. The molecule has 1 aromatic heterocycles. The normalized spacial score (nSPS) is 10.5. The number of nitrogens with zero attached hydrogens (tertiary/aromatic N) is 3. The number of anilines is 2. The SMILES string of the molecule is Cn1c(-c2ccc(Cl)c(Cl)c2)nc(NNc2ccccc2)nc1=O. The van der Waals surface area contributed by atoms with E-state index >= 15 is 0 Å². The third kappa shape index (κ3) is 3.50. The molecule has 8 heteroatoms. The van der Waals surface area contributed by atoms with E-state index in [4.69, 9.17) is 23.2 Å². The van der Waals surface area contributed by atoms with Gasteiger partial charge < -0.3 is 0 Å². The molecule has 0 amide bonds. The predicted molar refractivity (Wildman–Crippen MR) is 96.4 cm³/mol. The van der Waals surface area contributed by atoms with Crippen molar-refractivity contribution in [3.05, 3.63) is 69.1 Å². The second-order valence-corrected chi connectivity index (χ2v) is 5.77. The molecule has 0 unspecified atom stereocenters. The van der Waals surface area contributed by atoms with E-state index < -0.39 is 5.69 Å². The Labute approximate surface area is 148 Å². The highest BCUT2D eigenvalue weighted by molar-refractivity contribution is 6.42. The van der Waals surface area contributed by atoms with Gasteiger partial charge in [-0.2, -0.15) is 9.97 Å². The summed E-state index contributed by atoms with van der Waals surface area (Å²) in [5, 5.41) is 0.820. The van der Waals surface area contributed by atoms with E-state index in [1.54, 1.807) is 25.2 Å². The van der Waals surface area contributed by atoms with Crippen molar-refractivity contribution in [2.24, 2.45) is 7.05 Å². The molecule has 0 saturated carbocycles. The molecule has 0 saturated heterocycles. The van der Waals surface area contributed by atoms with Crippen molar-refractivity contribution < 1.29 is 0 Å². The van der Waals surface area contributed by atoms with Gasteiger partial charge in [0.05, 0.1) is 15.7 Å². The molecular weight excluding hydrogens is 349 g/mol. The van der Waals surface area contributed by atoms with Crippen molar-refractivity contribution in [2.75, 3.05) is 10.9 Å². The van der Waals surface area contributed by atoms with Crippen molar-refractivity contribution in [3.8, 4) is 11.4 Å². The Bertz CT molecular complexity index is 927. The van der Waals surface area contributed by atoms with Crippen LogP contribution in [0, 0.1) is 0 Å². The van der Waals surface area contributed by atoms with Gasteiger partial charge in [0, 0.05) is 12.6 Å². The number of halogens is 2. The zero-order chi connectivity index (χ0) is 17.1. The number of para-hydroxylation sites is 1. The Kier molecular flexibility index (Phi) is 4.69. The van der Waals surface area contributed by atoms with Gasteiger partial charge >= 0.3 is 5.69 Å². The second-order valence-electron chi connectivity index (χ2n) is 4.96. The monoisotopic (exact) mass is 361 g/mol. The van der Waals surface area contributed by atoms with Gasteiger partial charge in [0.15, 0.2) is 0 Å². The number of benzene rings is 2. The summed E-state index contributed by atoms with van der Waals surface area (Å²) < 4.78 is 1.34. The molecule has 6 nitrogen and oxygen atoms in total. The zero-order valence-corrected chi connectivity index (χ0v) is 14.1. The lowest BCUT2D eigenvalue weighted by Crippen LogP contribution is -2.26. The van der Waals surface area contributed by atoms with Gasteiger partial charge in [-0.05, 0) is 30.3 Å². The van der Waals surface area contributed by atoms with E-state index in [2.05, 4.69) is 20.8 Å². The second kappa shape index (κ2) is 6.90. The number of nitrogens with one attached hydrogen (secondary N) is 2. The Morgan fingerprint density at radius 3 is 2.42 bits per heavy atom. The van der Waals surface area contributed by atoms with Gasteiger partial charge in [-0.3, -0.25) is 15.4 Å². The van der Waals surface area contributed by atoms with Crippen LogP contribution in [0.25, 0.3) is 11.4 Å². The highest BCUT2D eigenvalue weighted by Gasteiger charge is 2.11. The van der Waals surface area contributed by atoms with Crippen LogP contribution in [0.2, 0.25) is 10.0 Å². The highest BCUT2D eigenvalue weighted by Crippen LogP contribution is 2.27. The van der Waals surface area contributed by atoms with E-state index in [1.165, 1.54) is 4.57 Å². The maximum Gasteiger partial charge on any atom is 0.352 e. The van der Waals surface area contributed by atoms with Crippen LogP contribution in [-0.4, -0.2) is 14.5 Å². The molecule has 2 N–H and O–H groups in total. The van der Waals surface area contributed by atoms with Crippen LogP contribution in [-0.2, 0) is 7.05 Å². The molecule has 0 atom stereocenters. The number of aromatic nitrogens is 3. The zero-order valence-electron chi connectivity index (χ0n) is 12.6. The van der Waals surface area contributed by atoms with Crippen LogP contribution in [0.1, 0.15) is 0 Å². The molecule has 24 heavy (non-hydrogen) atoms. The van der Waals surface area contributed by atoms with Gasteiger partial charge in [0.25, 0.3) is 0 Å². The minimum atomic E-state index is -0.441. The minimum absolute atomic E-state index is 0.156. The highest BCUT2D eigenvalue weighted by atomic mass is 35.5. The van der Waals surface area contributed by atoms with Gasteiger partial charge in [-0.1, -0.05) is 41.4 Å². The predicted octanol–water partition coefficient (Wildman–Crippen LogP) is 3.59. The Balaban J connectivity index is 1.94. The molecule has 0 spiro atoms. The van der Waals surface area contributed by atoms with E-state index in [1.807, 2.05) is 30.3 Å². The van der Waals surface area contributed by atoms with Crippen molar-refractivity contribution in [2.45, 2.75) is 0 Å². The molecule has 0 aliphatic carbocycles. The van der Waals surface area contributed by atoms with Crippen LogP contribution in [0.15, 0.2) is 53.3 Å². The van der Waals surface area contributed by atoms with Crippen LogP contribution < -0.4 is 16.5 Å². The van der Waals surface area contributed by atoms with Crippen molar-refractivity contribution >= 4 is 34.8 Å². The average molecular weight is 362 g/mol. The molecule has 0 aliphatic heterocycles. The molecule has 122 valence electrons. The third-order valence-corrected chi connectivity index (χ3v) is 4.03. The largest absolute Gasteiger partial charge is 0.352 e. The number of hydrazine groups is 1. The molecular formula is C16H13Cl2N5O. The average Bonchev–Trinajstić information content (AvgIpc) is 2.59. The third-order valence-electron chi connectivity index (χ3n) is 3.29. The summed E-state index contributed by atoms with van der Waals surface area (Å²) in [5.41, 5.74) is 6.79. The molecule has 3 aromatic rings. The Hall–Kier alpha value is -2.57. The lowest BCUT2D eigenvalue weighted by molar-refractivity contribution is 0.786. The fourth-order valence-corrected chi connectivity index (χ4v) is 2.35. The van der Waals surface area contributed by atoms with E-state index in [0.29, 0.717) is 21.4 Å². The minimum Gasteiger partial charge on any atom is -0.298 e. The molecule has 1 heterocycles. The van der Waals surface area contributed by atoms with Gasteiger partial charge in [-0.25, -0.2) is 4.79 Å². The first kappa shape index (κ1) is 16.3. The quantitative estimate of drug-likeness (QED) is 0.694. The van der Waals surface area contributed by atoms with E-state index in [9.17, 15) is 4.79 Å². The summed E-state index contributed by atoms with van der Waals surface area (Å²) in [6.45, 7) is 0. The van der Waals surface area contributed by atoms with E-state index in [0.717, 1.165) is 5.69 Å². The molecule has 0 aliphatic rings. The topological polar surface area (TPSA) is 71.8 Å². The van der Waals surface area contributed by atoms with E-state index in [-0.39, 0.29) is 5.95 Å².